The molecule has 0 saturated carbocycles. The zero-order valence-electron chi connectivity index (χ0n) is 17.6. The molecule has 5 rings (SSSR count). The van der Waals surface area contributed by atoms with Crippen LogP contribution >= 0.6 is 0 Å². The summed E-state index contributed by atoms with van der Waals surface area (Å²) in [6.07, 6.45) is 1.57. The monoisotopic (exact) mass is 418 g/mol. The lowest BCUT2D eigenvalue weighted by atomic mass is 10.2. The number of aromatic amines is 1. The van der Waals surface area contributed by atoms with Crippen LogP contribution < -0.4 is 4.74 Å². The fraction of sp³-hybridized carbons (Fsp3) is 0.364. The Balaban J connectivity index is 1.30. The number of hydrogen-bond acceptors (Lipinski definition) is 7. The van der Waals surface area contributed by atoms with E-state index in [2.05, 4.69) is 37.2 Å². The van der Waals surface area contributed by atoms with Crippen LogP contribution in [0.4, 0.5) is 0 Å². The summed E-state index contributed by atoms with van der Waals surface area (Å²) >= 11 is 0. The van der Waals surface area contributed by atoms with Crippen LogP contribution in [0.15, 0.2) is 48.8 Å². The Morgan fingerprint density at radius 1 is 1.03 bits per heavy atom. The van der Waals surface area contributed by atoms with E-state index in [1.165, 1.54) is 0 Å². The highest BCUT2D eigenvalue weighted by Crippen LogP contribution is 2.30. The Labute approximate surface area is 180 Å². The van der Waals surface area contributed by atoms with Gasteiger partial charge in [-0.3, -0.25) is 4.90 Å². The quantitative estimate of drug-likeness (QED) is 0.492. The molecule has 9 heteroatoms. The maximum Gasteiger partial charge on any atom is 0.143 e. The van der Waals surface area contributed by atoms with E-state index in [1.54, 1.807) is 11.0 Å². The van der Waals surface area contributed by atoms with Crippen molar-refractivity contribution in [3.63, 3.8) is 0 Å². The Morgan fingerprint density at radius 2 is 1.87 bits per heavy atom. The summed E-state index contributed by atoms with van der Waals surface area (Å²) < 4.78 is 7.80. The Bertz CT molecular complexity index is 1130. The molecular weight excluding hydrogens is 392 g/mol. The Kier molecular flexibility index (Phi) is 5.59. The highest BCUT2D eigenvalue weighted by Gasteiger charge is 2.16. The number of likely N-dealkylation sites (N-methyl/N-ethyl adjacent to an activating group) is 1. The molecule has 1 saturated heterocycles. The molecular formula is C22H26N8O. The van der Waals surface area contributed by atoms with E-state index < -0.39 is 0 Å². The number of ether oxygens (including phenoxy) is 1. The van der Waals surface area contributed by atoms with E-state index in [9.17, 15) is 0 Å². The molecule has 1 N–H and O–H groups in total. The minimum Gasteiger partial charge on any atom is -0.491 e. The van der Waals surface area contributed by atoms with Crippen molar-refractivity contribution >= 4 is 11.0 Å². The van der Waals surface area contributed by atoms with Crippen molar-refractivity contribution in [1.82, 2.24) is 40.0 Å². The van der Waals surface area contributed by atoms with E-state index in [0.29, 0.717) is 6.61 Å². The number of imidazole rings is 1. The molecule has 160 valence electrons. The summed E-state index contributed by atoms with van der Waals surface area (Å²) in [4.78, 5) is 13.1. The minimum atomic E-state index is 0.660. The molecule has 0 unspecified atom stereocenters. The normalized spacial score (nSPS) is 15.5. The molecule has 1 aliphatic rings. The lowest BCUT2D eigenvalue weighted by molar-refractivity contribution is 0.121. The number of fused-ring (bicyclic) bond motifs is 1. The molecule has 0 atom stereocenters. The zero-order chi connectivity index (χ0) is 21.0. The molecule has 3 heterocycles. The van der Waals surface area contributed by atoms with Gasteiger partial charge in [0.05, 0.1) is 22.3 Å². The lowest BCUT2D eigenvalue weighted by Gasteiger charge is -2.33. The van der Waals surface area contributed by atoms with Crippen molar-refractivity contribution in [2.45, 2.75) is 6.92 Å². The molecule has 0 aliphatic carbocycles. The van der Waals surface area contributed by atoms with Crippen molar-refractivity contribution in [1.29, 1.82) is 0 Å². The van der Waals surface area contributed by atoms with E-state index >= 15 is 0 Å². The number of rotatable bonds is 7. The highest BCUT2D eigenvalue weighted by atomic mass is 16.5. The van der Waals surface area contributed by atoms with Gasteiger partial charge in [0.25, 0.3) is 0 Å². The zero-order valence-corrected chi connectivity index (χ0v) is 17.6. The van der Waals surface area contributed by atoms with Gasteiger partial charge in [-0.05, 0) is 47.3 Å². The number of para-hydroxylation sites is 1. The van der Waals surface area contributed by atoms with Gasteiger partial charge >= 0.3 is 0 Å². The molecule has 1 aliphatic heterocycles. The molecule has 0 spiro atoms. The van der Waals surface area contributed by atoms with Crippen LogP contribution in [0.1, 0.15) is 6.92 Å². The van der Waals surface area contributed by atoms with Crippen LogP contribution in [-0.2, 0) is 0 Å². The summed E-state index contributed by atoms with van der Waals surface area (Å²) in [5, 5.41) is 11.3. The number of aromatic nitrogens is 6. The van der Waals surface area contributed by atoms with E-state index in [0.717, 1.165) is 73.1 Å². The highest BCUT2D eigenvalue weighted by molar-refractivity contribution is 5.82. The van der Waals surface area contributed by atoms with Gasteiger partial charge in [0.15, 0.2) is 0 Å². The summed E-state index contributed by atoms with van der Waals surface area (Å²) in [5.41, 5.74) is 3.64. The van der Waals surface area contributed by atoms with Crippen molar-refractivity contribution < 1.29 is 4.74 Å². The van der Waals surface area contributed by atoms with Crippen molar-refractivity contribution in [2.75, 3.05) is 45.9 Å². The molecule has 9 nitrogen and oxygen atoms in total. The second-order valence-corrected chi connectivity index (χ2v) is 7.66. The molecule has 0 bridgehead atoms. The number of H-pyrrole nitrogens is 1. The van der Waals surface area contributed by atoms with Gasteiger partial charge in [0.1, 0.15) is 24.5 Å². The first kappa shape index (κ1) is 19.7. The summed E-state index contributed by atoms with van der Waals surface area (Å²) in [6, 6.07) is 13.9. The predicted molar refractivity (Wildman–Crippen MR) is 118 cm³/mol. The van der Waals surface area contributed by atoms with E-state index in [4.69, 9.17) is 9.72 Å². The third kappa shape index (κ3) is 4.28. The number of tetrazole rings is 1. The number of nitrogens with one attached hydrogen (secondary N) is 1. The Morgan fingerprint density at radius 3 is 2.68 bits per heavy atom. The minimum absolute atomic E-state index is 0.660. The predicted octanol–water partition coefficient (Wildman–Crippen LogP) is 2.22. The molecule has 0 amide bonds. The van der Waals surface area contributed by atoms with Crippen LogP contribution in [0, 0.1) is 0 Å². The van der Waals surface area contributed by atoms with Crippen LogP contribution in [0.25, 0.3) is 28.1 Å². The molecule has 1 fully saturated rings. The topological polar surface area (TPSA) is 88.0 Å². The fourth-order valence-electron chi connectivity index (χ4n) is 3.95. The largest absolute Gasteiger partial charge is 0.491 e. The maximum absolute atomic E-state index is 6.18. The van der Waals surface area contributed by atoms with Crippen LogP contribution in [0.3, 0.4) is 0 Å². The van der Waals surface area contributed by atoms with Gasteiger partial charge in [-0.1, -0.05) is 19.1 Å². The summed E-state index contributed by atoms with van der Waals surface area (Å²) in [5.74, 6) is 1.63. The Hall–Kier alpha value is -3.30. The number of piperazine rings is 1. The molecule has 4 aromatic rings. The van der Waals surface area contributed by atoms with E-state index in [-0.39, 0.29) is 0 Å². The number of benzene rings is 2. The molecule has 2 aromatic heterocycles. The third-order valence-corrected chi connectivity index (χ3v) is 5.80. The number of nitrogens with zero attached hydrogens (tertiary/aromatic N) is 7. The van der Waals surface area contributed by atoms with Gasteiger partial charge in [-0.2, -0.15) is 0 Å². The van der Waals surface area contributed by atoms with Gasteiger partial charge in [0, 0.05) is 32.7 Å². The first-order valence-electron chi connectivity index (χ1n) is 10.7. The van der Waals surface area contributed by atoms with Crippen molar-refractivity contribution in [3.05, 3.63) is 48.8 Å². The van der Waals surface area contributed by atoms with E-state index in [1.807, 2.05) is 42.5 Å². The summed E-state index contributed by atoms with van der Waals surface area (Å²) in [6.45, 7) is 9.43. The SMILES string of the molecule is CCN1CCN(CCOc2ccccc2-c2nc3ccc(-n4cnnn4)cc3[nH]2)CC1. The average molecular weight is 419 g/mol. The maximum atomic E-state index is 6.18. The van der Waals surface area contributed by atoms with Crippen LogP contribution in [0.2, 0.25) is 0 Å². The first-order valence-corrected chi connectivity index (χ1v) is 10.7. The van der Waals surface area contributed by atoms with Crippen molar-refractivity contribution in [3.8, 4) is 22.8 Å². The first-order chi connectivity index (χ1) is 15.3. The molecule has 0 radical (unpaired) electrons. The van der Waals surface area contributed by atoms with Gasteiger partial charge in [0.2, 0.25) is 0 Å². The van der Waals surface area contributed by atoms with Crippen LogP contribution in [0.5, 0.6) is 5.75 Å². The third-order valence-electron chi connectivity index (χ3n) is 5.80. The number of hydrogen-bond donors (Lipinski definition) is 1. The van der Waals surface area contributed by atoms with Gasteiger partial charge < -0.3 is 14.6 Å². The van der Waals surface area contributed by atoms with Crippen molar-refractivity contribution in [2.24, 2.45) is 0 Å². The second kappa shape index (κ2) is 8.83. The fourth-order valence-corrected chi connectivity index (χ4v) is 3.95. The smallest absolute Gasteiger partial charge is 0.143 e. The van der Waals surface area contributed by atoms with Gasteiger partial charge in [-0.25, -0.2) is 9.67 Å². The van der Waals surface area contributed by atoms with Gasteiger partial charge in [-0.15, -0.1) is 5.10 Å². The standard InChI is InChI=1S/C22H26N8O/c1-2-28-9-11-29(12-10-28)13-14-31-21-6-4-3-5-18(21)22-24-19-8-7-17(15-20(19)25-22)30-16-23-26-27-30/h3-8,15-16H,2,9-14H2,1H3,(H,24,25). The molecule has 2 aromatic carbocycles. The molecule has 31 heavy (non-hydrogen) atoms. The lowest BCUT2D eigenvalue weighted by Crippen LogP contribution is -2.47. The second-order valence-electron chi connectivity index (χ2n) is 7.66. The van der Waals surface area contributed by atoms with Crippen LogP contribution in [-0.4, -0.2) is 85.9 Å². The summed E-state index contributed by atoms with van der Waals surface area (Å²) in [7, 11) is 0. The average Bonchev–Trinajstić information content (AvgIpc) is 3.49.